The third-order valence-electron chi connectivity index (χ3n) is 2.59. The second-order valence-corrected chi connectivity index (χ2v) is 3.45. The Morgan fingerprint density at radius 1 is 1.40 bits per heavy atom. The second kappa shape index (κ2) is 2.51. The van der Waals surface area contributed by atoms with E-state index >= 15 is 0 Å². The van der Waals surface area contributed by atoms with Crippen LogP contribution in [0.2, 0.25) is 0 Å². The van der Waals surface area contributed by atoms with Crippen LogP contribution < -0.4 is 0 Å². The molecule has 1 saturated heterocycles. The zero-order valence-corrected chi connectivity index (χ0v) is 6.12. The molecule has 2 aliphatic rings. The Morgan fingerprint density at radius 2 is 2.20 bits per heavy atom. The molecule has 2 fully saturated rings. The fourth-order valence-electron chi connectivity index (χ4n) is 1.83. The lowest BCUT2D eigenvalue weighted by Crippen LogP contribution is -2.14. The molecule has 0 spiro atoms. The average Bonchev–Trinajstić information content (AvgIpc) is 2.62. The maximum Gasteiger partial charge on any atom is 0.0813 e. The van der Waals surface area contributed by atoms with Crippen molar-refractivity contribution < 1.29 is 9.84 Å². The molecule has 0 amide bonds. The van der Waals surface area contributed by atoms with Crippen molar-refractivity contribution in [2.24, 2.45) is 5.92 Å². The van der Waals surface area contributed by atoms with Crippen molar-refractivity contribution in [3.8, 4) is 0 Å². The van der Waals surface area contributed by atoms with Crippen molar-refractivity contribution >= 4 is 0 Å². The van der Waals surface area contributed by atoms with E-state index < -0.39 is 0 Å². The Hall–Kier alpha value is -0.0800. The van der Waals surface area contributed by atoms with Gasteiger partial charge in [0.2, 0.25) is 0 Å². The fraction of sp³-hybridized carbons (Fsp3) is 1.00. The highest BCUT2D eigenvalue weighted by molar-refractivity contribution is 4.82. The first-order chi connectivity index (χ1) is 4.86. The number of aliphatic hydroxyl groups is 1. The summed E-state index contributed by atoms with van der Waals surface area (Å²) >= 11 is 0. The molecule has 1 unspecified atom stereocenters. The van der Waals surface area contributed by atoms with Gasteiger partial charge in [0, 0.05) is 0 Å². The summed E-state index contributed by atoms with van der Waals surface area (Å²) in [6, 6.07) is 0. The molecule has 1 aliphatic carbocycles. The van der Waals surface area contributed by atoms with Gasteiger partial charge in [-0.3, -0.25) is 0 Å². The van der Waals surface area contributed by atoms with Crippen LogP contribution in [-0.2, 0) is 4.74 Å². The third kappa shape index (κ3) is 1.32. The monoisotopic (exact) mass is 142 g/mol. The lowest BCUT2D eigenvalue weighted by Gasteiger charge is -2.11. The van der Waals surface area contributed by atoms with Crippen molar-refractivity contribution in [1.29, 1.82) is 0 Å². The highest BCUT2D eigenvalue weighted by atomic mass is 16.6. The zero-order chi connectivity index (χ0) is 6.97. The molecule has 2 rings (SSSR count). The molecule has 0 aromatic rings. The number of hydrogen-bond donors (Lipinski definition) is 1. The van der Waals surface area contributed by atoms with E-state index in [1.165, 1.54) is 12.8 Å². The molecular weight excluding hydrogens is 128 g/mol. The van der Waals surface area contributed by atoms with Gasteiger partial charge in [-0.15, -0.1) is 0 Å². The van der Waals surface area contributed by atoms with E-state index in [1.807, 2.05) is 0 Å². The lowest BCUT2D eigenvalue weighted by molar-refractivity contribution is 0.122. The smallest absolute Gasteiger partial charge is 0.0813 e. The van der Waals surface area contributed by atoms with Gasteiger partial charge in [0.15, 0.2) is 0 Å². The summed E-state index contributed by atoms with van der Waals surface area (Å²) in [5.74, 6) is 0.549. The van der Waals surface area contributed by atoms with Crippen LogP contribution in [0.25, 0.3) is 0 Å². The first-order valence-corrected chi connectivity index (χ1v) is 4.16. The van der Waals surface area contributed by atoms with E-state index in [0.717, 1.165) is 19.4 Å². The number of ether oxygens (including phenoxy) is 1. The van der Waals surface area contributed by atoms with E-state index in [2.05, 4.69) is 0 Å². The minimum Gasteiger partial charge on any atom is -0.393 e. The Labute approximate surface area is 61.2 Å². The van der Waals surface area contributed by atoms with E-state index in [-0.39, 0.29) is 6.10 Å². The predicted molar refractivity (Wildman–Crippen MR) is 37.7 cm³/mol. The molecule has 2 nitrogen and oxygen atoms in total. The average molecular weight is 142 g/mol. The molecule has 0 radical (unpaired) electrons. The molecule has 1 heterocycles. The zero-order valence-electron chi connectivity index (χ0n) is 6.12. The minimum absolute atomic E-state index is 0.0239. The summed E-state index contributed by atoms with van der Waals surface area (Å²) in [6.45, 7) is 0.934. The van der Waals surface area contributed by atoms with Crippen LogP contribution in [0.15, 0.2) is 0 Å². The van der Waals surface area contributed by atoms with E-state index in [0.29, 0.717) is 12.0 Å². The van der Waals surface area contributed by atoms with E-state index in [1.54, 1.807) is 0 Å². The fourth-order valence-corrected chi connectivity index (χ4v) is 1.83. The molecule has 1 N–H and O–H groups in total. The highest BCUT2D eigenvalue weighted by Crippen LogP contribution is 2.32. The maximum absolute atomic E-state index is 9.41. The van der Waals surface area contributed by atoms with Gasteiger partial charge in [0.25, 0.3) is 0 Å². The van der Waals surface area contributed by atoms with Crippen molar-refractivity contribution in [2.75, 3.05) is 6.61 Å². The Balaban J connectivity index is 1.79. The van der Waals surface area contributed by atoms with Gasteiger partial charge < -0.3 is 9.84 Å². The van der Waals surface area contributed by atoms with Crippen LogP contribution in [0.1, 0.15) is 25.7 Å². The van der Waals surface area contributed by atoms with Crippen LogP contribution in [0, 0.1) is 5.92 Å². The summed E-state index contributed by atoms with van der Waals surface area (Å²) in [4.78, 5) is 0. The number of aliphatic hydroxyl groups excluding tert-OH is 1. The first-order valence-electron chi connectivity index (χ1n) is 4.16. The van der Waals surface area contributed by atoms with Crippen LogP contribution in [0.3, 0.4) is 0 Å². The maximum atomic E-state index is 9.41. The largest absolute Gasteiger partial charge is 0.393 e. The number of hydrogen-bond acceptors (Lipinski definition) is 2. The summed E-state index contributed by atoms with van der Waals surface area (Å²) < 4.78 is 5.11. The normalized spacial score (nSPS) is 45.9. The SMILES string of the molecule is O[C@@H]1CCC[C@H]1CC1CO1. The van der Waals surface area contributed by atoms with Crippen molar-refractivity contribution in [3.63, 3.8) is 0 Å². The van der Waals surface area contributed by atoms with Gasteiger partial charge in [0.1, 0.15) is 0 Å². The molecule has 3 atom stereocenters. The summed E-state index contributed by atoms with van der Waals surface area (Å²) in [7, 11) is 0. The van der Waals surface area contributed by atoms with Gasteiger partial charge in [-0.05, 0) is 25.2 Å². The summed E-state index contributed by atoms with van der Waals surface area (Å²) in [6.07, 6.45) is 5.00. The molecule has 0 aromatic heterocycles. The standard InChI is InChI=1S/C8H14O2/c9-8-3-1-2-6(8)4-7-5-10-7/h6-9H,1-5H2/t6-,7?,8+/m0/s1. The van der Waals surface area contributed by atoms with Crippen molar-refractivity contribution in [2.45, 2.75) is 37.9 Å². The van der Waals surface area contributed by atoms with Crippen LogP contribution in [0.5, 0.6) is 0 Å². The number of rotatable bonds is 2. The molecule has 2 heteroatoms. The molecule has 1 aliphatic heterocycles. The Morgan fingerprint density at radius 3 is 2.70 bits per heavy atom. The predicted octanol–water partition coefficient (Wildman–Crippen LogP) is 0.936. The molecule has 58 valence electrons. The van der Waals surface area contributed by atoms with Crippen molar-refractivity contribution in [1.82, 2.24) is 0 Å². The quantitative estimate of drug-likeness (QED) is 0.582. The van der Waals surface area contributed by atoms with E-state index in [4.69, 9.17) is 4.74 Å². The first kappa shape index (κ1) is 6.62. The summed E-state index contributed by atoms with van der Waals surface area (Å²) in [5, 5.41) is 9.41. The highest BCUT2D eigenvalue weighted by Gasteiger charge is 2.32. The molecule has 1 saturated carbocycles. The Bertz CT molecular complexity index is 120. The summed E-state index contributed by atoms with van der Waals surface area (Å²) in [5.41, 5.74) is 0. The molecule has 10 heavy (non-hydrogen) atoms. The van der Waals surface area contributed by atoms with Gasteiger partial charge >= 0.3 is 0 Å². The lowest BCUT2D eigenvalue weighted by atomic mass is 10.0. The van der Waals surface area contributed by atoms with Gasteiger partial charge in [-0.2, -0.15) is 0 Å². The Kier molecular flexibility index (Phi) is 1.66. The molecule has 0 aromatic carbocycles. The third-order valence-corrected chi connectivity index (χ3v) is 2.59. The van der Waals surface area contributed by atoms with Crippen LogP contribution >= 0.6 is 0 Å². The second-order valence-electron chi connectivity index (χ2n) is 3.45. The minimum atomic E-state index is -0.0239. The topological polar surface area (TPSA) is 32.8 Å². The van der Waals surface area contributed by atoms with Crippen LogP contribution in [-0.4, -0.2) is 23.9 Å². The van der Waals surface area contributed by atoms with Gasteiger partial charge in [-0.25, -0.2) is 0 Å². The van der Waals surface area contributed by atoms with Gasteiger partial charge in [0.05, 0.1) is 18.8 Å². The van der Waals surface area contributed by atoms with Crippen LogP contribution in [0.4, 0.5) is 0 Å². The number of epoxide rings is 1. The van der Waals surface area contributed by atoms with E-state index in [9.17, 15) is 5.11 Å². The van der Waals surface area contributed by atoms with Crippen molar-refractivity contribution in [3.05, 3.63) is 0 Å². The van der Waals surface area contributed by atoms with Gasteiger partial charge in [-0.1, -0.05) is 6.42 Å². The molecular formula is C8H14O2. The molecule has 0 bridgehead atoms.